The van der Waals surface area contributed by atoms with Crippen molar-refractivity contribution in [1.29, 1.82) is 0 Å². The molecule has 0 spiro atoms. The first-order valence-corrected chi connectivity index (χ1v) is 19.6. The summed E-state index contributed by atoms with van der Waals surface area (Å²) in [5.41, 5.74) is -3.14. The number of aliphatic hydroxyl groups is 1. The zero-order valence-electron chi connectivity index (χ0n) is 36.2. The molecule has 0 saturated carbocycles. The number of carbonyl (C=O) groups excluding carboxylic acids is 6. The maximum absolute atomic E-state index is 14.2. The van der Waals surface area contributed by atoms with E-state index in [1.165, 1.54) is 11.0 Å². The highest BCUT2D eigenvalue weighted by Gasteiger charge is 2.36. The minimum atomic E-state index is -4.71. The van der Waals surface area contributed by atoms with Gasteiger partial charge in [-0.3, -0.25) is 19.4 Å². The monoisotopic (exact) mass is 875 g/mol. The molecule has 3 aromatic rings. The van der Waals surface area contributed by atoms with E-state index in [1.54, 1.807) is 92.8 Å². The van der Waals surface area contributed by atoms with Crippen LogP contribution in [0.2, 0.25) is 0 Å². The molecule has 0 radical (unpaired) electrons. The van der Waals surface area contributed by atoms with E-state index in [0.29, 0.717) is 23.0 Å². The van der Waals surface area contributed by atoms with Gasteiger partial charge in [0.25, 0.3) is 0 Å². The van der Waals surface area contributed by atoms with Gasteiger partial charge in [0, 0.05) is 43.4 Å². The number of nitrogens with one attached hydrogen (secondary N) is 5. The van der Waals surface area contributed by atoms with Gasteiger partial charge in [-0.25, -0.2) is 14.4 Å². The number of carbonyl (C=O) groups is 6. The Morgan fingerprint density at radius 3 is 1.76 bits per heavy atom. The fraction of sp³-hybridized carbons (Fsp3) is 0.500. The average Bonchev–Trinajstić information content (AvgIpc) is 3.13. The minimum absolute atomic E-state index is 0.143. The third-order valence-electron chi connectivity index (χ3n) is 8.18. The molecule has 6 N–H and O–H groups in total. The van der Waals surface area contributed by atoms with Gasteiger partial charge in [0.2, 0.25) is 17.7 Å². The van der Waals surface area contributed by atoms with Crippen molar-refractivity contribution in [3.63, 3.8) is 0 Å². The molecule has 0 fully saturated rings. The molecule has 2 aromatic carbocycles. The lowest BCUT2D eigenvalue weighted by Gasteiger charge is -2.29. The summed E-state index contributed by atoms with van der Waals surface area (Å²) in [6, 6.07) is 7.63. The second kappa shape index (κ2) is 21.1. The van der Waals surface area contributed by atoms with Crippen molar-refractivity contribution in [3.8, 4) is 0 Å². The van der Waals surface area contributed by atoms with E-state index in [0.717, 1.165) is 12.1 Å². The van der Waals surface area contributed by atoms with Crippen LogP contribution < -0.4 is 26.6 Å². The maximum Gasteiger partial charge on any atom is 0.416 e. The Morgan fingerprint density at radius 1 is 0.710 bits per heavy atom. The molecule has 17 nitrogen and oxygen atoms in total. The first-order valence-electron chi connectivity index (χ1n) is 19.6. The number of halogens is 3. The van der Waals surface area contributed by atoms with Gasteiger partial charge in [0.05, 0.1) is 17.5 Å². The van der Waals surface area contributed by atoms with Crippen LogP contribution in [0.25, 0.3) is 10.9 Å². The average molecular weight is 876 g/mol. The molecule has 0 aliphatic carbocycles. The van der Waals surface area contributed by atoms with Crippen LogP contribution in [0.1, 0.15) is 86.0 Å². The first-order chi connectivity index (χ1) is 28.6. The van der Waals surface area contributed by atoms with E-state index >= 15 is 0 Å². The number of benzene rings is 2. The van der Waals surface area contributed by atoms with E-state index in [9.17, 15) is 47.0 Å². The zero-order valence-corrected chi connectivity index (χ0v) is 36.2. The predicted molar refractivity (Wildman–Crippen MR) is 222 cm³/mol. The Kier molecular flexibility index (Phi) is 17.0. The van der Waals surface area contributed by atoms with E-state index in [1.807, 2.05) is 0 Å². The zero-order chi connectivity index (χ0) is 46.6. The Morgan fingerprint density at radius 2 is 1.24 bits per heavy atom. The van der Waals surface area contributed by atoms with Crippen LogP contribution >= 0.6 is 0 Å². The van der Waals surface area contributed by atoms with Crippen molar-refractivity contribution in [2.75, 3.05) is 31.5 Å². The molecule has 3 unspecified atom stereocenters. The lowest BCUT2D eigenvalue weighted by molar-refractivity contribution is -0.137. The number of nitrogens with zero attached hydrogens (tertiary/aromatic N) is 2. The fourth-order valence-corrected chi connectivity index (χ4v) is 5.52. The molecule has 1 aromatic heterocycles. The van der Waals surface area contributed by atoms with Crippen molar-refractivity contribution in [2.24, 2.45) is 0 Å². The number of amides is 6. The van der Waals surface area contributed by atoms with E-state index in [-0.39, 0.29) is 37.4 Å². The smallest absolute Gasteiger partial charge is 0.416 e. The Bertz CT molecular complexity index is 2010. The number of pyridine rings is 1. The van der Waals surface area contributed by atoms with Gasteiger partial charge in [-0.05, 0) is 104 Å². The molecule has 0 bridgehead atoms. The number of alkyl carbamates (subject to hydrolysis) is 3. The molecule has 1 heterocycles. The van der Waals surface area contributed by atoms with E-state index < -0.39 is 89.2 Å². The largest absolute Gasteiger partial charge is 0.444 e. The number of alkyl halides is 3. The summed E-state index contributed by atoms with van der Waals surface area (Å²) >= 11 is 0. The third kappa shape index (κ3) is 17.4. The Hall–Kier alpha value is -6.18. The minimum Gasteiger partial charge on any atom is -0.444 e. The second-order valence-corrected chi connectivity index (χ2v) is 17.1. The van der Waals surface area contributed by atoms with Crippen LogP contribution in [0, 0.1) is 0 Å². The van der Waals surface area contributed by atoms with Crippen LogP contribution in [-0.4, -0.2) is 106 Å². The first kappa shape index (κ1) is 50.2. The molecular formula is C42H56F3N7O10. The summed E-state index contributed by atoms with van der Waals surface area (Å²) in [6.45, 7) is 14.0. The summed E-state index contributed by atoms with van der Waals surface area (Å²) in [5.74, 6) is -2.97. The predicted octanol–water partition coefficient (Wildman–Crippen LogP) is 5.57. The van der Waals surface area contributed by atoms with Gasteiger partial charge in [-0.2, -0.15) is 13.2 Å². The lowest BCUT2D eigenvalue weighted by Crippen LogP contribution is -2.56. The molecule has 3 atom stereocenters. The van der Waals surface area contributed by atoms with Gasteiger partial charge in [0.15, 0.2) is 0 Å². The number of aliphatic hydroxyl groups excluding tert-OH is 1. The molecule has 6 amide bonds. The van der Waals surface area contributed by atoms with Crippen molar-refractivity contribution in [2.45, 2.75) is 110 Å². The number of rotatable bonds is 15. The van der Waals surface area contributed by atoms with Gasteiger partial charge in [-0.1, -0.05) is 18.2 Å². The third-order valence-corrected chi connectivity index (χ3v) is 8.18. The van der Waals surface area contributed by atoms with Crippen LogP contribution in [0.15, 0.2) is 60.8 Å². The van der Waals surface area contributed by atoms with Gasteiger partial charge >= 0.3 is 24.5 Å². The summed E-state index contributed by atoms with van der Waals surface area (Å²) < 4.78 is 56.1. The second-order valence-electron chi connectivity index (χ2n) is 17.1. The van der Waals surface area contributed by atoms with Gasteiger partial charge < -0.3 is 50.8 Å². The highest BCUT2D eigenvalue weighted by molar-refractivity contribution is 6.00. The fourth-order valence-electron chi connectivity index (χ4n) is 5.52. The summed E-state index contributed by atoms with van der Waals surface area (Å²) in [6.07, 6.45) is -8.58. The molecule has 0 saturated heterocycles. The molecule has 340 valence electrons. The van der Waals surface area contributed by atoms with Crippen molar-refractivity contribution in [1.82, 2.24) is 31.2 Å². The molecule has 0 aliphatic rings. The molecular weight excluding hydrogens is 819 g/mol. The lowest BCUT2D eigenvalue weighted by atomic mass is 9.99. The van der Waals surface area contributed by atoms with Gasteiger partial charge in [-0.15, -0.1) is 0 Å². The summed E-state index contributed by atoms with van der Waals surface area (Å²) in [7, 11) is 0. The molecule has 0 aliphatic heterocycles. The Balaban J connectivity index is 1.97. The number of ether oxygens (including phenoxy) is 3. The maximum atomic E-state index is 14.2. The van der Waals surface area contributed by atoms with Crippen molar-refractivity contribution < 1.29 is 61.3 Å². The number of hydrogen-bond donors (Lipinski definition) is 6. The van der Waals surface area contributed by atoms with E-state index in [4.69, 9.17) is 14.2 Å². The molecule has 62 heavy (non-hydrogen) atoms. The molecule has 20 heteroatoms. The van der Waals surface area contributed by atoms with Crippen molar-refractivity contribution >= 4 is 52.6 Å². The van der Waals surface area contributed by atoms with Crippen LogP contribution in [-0.2, 0) is 34.8 Å². The summed E-state index contributed by atoms with van der Waals surface area (Å²) in [4.78, 5) is 85.4. The topological polar surface area (TPSA) is 227 Å². The summed E-state index contributed by atoms with van der Waals surface area (Å²) in [5, 5.41) is 24.5. The number of fused-ring (bicyclic) bond motifs is 1. The normalized spacial score (nSPS) is 13.4. The van der Waals surface area contributed by atoms with Crippen LogP contribution in [0.3, 0.4) is 0 Å². The quantitative estimate of drug-likeness (QED) is 0.104. The Labute approximate surface area is 357 Å². The number of aromatic nitrogens is 1. The standard InChI is InChI=1S/C42H56F3N7O10/c1-39(2,3)60-36(57)47-19-21-52(22-20-48-37(58)61-40(4,5)6)31(53)24-30(50-38(59)62-41(7,8)9)34(55)51-32(33(54)25-12-14-27(15-13-25)42(43,44)45)35(56)49-28-16-17-29-26(23-28)11-10-18-46-29/h10-18,23,30,32-33,54H,19-22,24H2,1-9H3,(H,47,57)(H,48,58)(H,49,56)(H,50,59)(H,51,55). The van der Waals surface area contributed by atoms with Crippen LogP contribution in [0.4, 0.5) is 33.2 Å². The number of hydrogen-bond acceptors (Lipinski definition) is 11. The molecule has 3 rings (SSSR count). The SMILES string of the molecule is CC(C)(C)OC(=O)NCCN(CCNC(=O)OC(C)(C)C)C(=O)CC(NC(=O)OC(C)(C)C)C(=O)NC(C(=O)Nc1ccc2ncccc2c1)C(O)c1ccc(C(F)(F)F)cc1. The highest BCUT2D eigenvalue weighted by Crippen LogP contribution is 2.31. The number of anilines is 1. The van der Waals surface area contributed by atoms with Crippen molar-refractivity contribution in [3.05, 3.63) is 71.9 Å². The van der Waals surface area contributed by atoms with Crippen LogP contribution in [0.5, 0.6) is 0 Å². The highest BCUT2D eigenvalue weighted by atomic mass is 19.4. The van der Waals surface area contributed by atoms with E-state index in [2.05, 4.69) is 31.6 Å². The van der Waals surface area contributed by atoms with Gasteiger partial charge in [0.1, 0.15) is 35.0 Å².